The maximum absolute atomic E-state index is 13.8. The van der Waals surface area contributed by atoms with Gasteiger partial charge in [-0.15, -0.1) is 0 Å². The summed E-state index contributed by atoms with van der Waals surface area (Å²) in [5.74, 6) is -1.90. The quantitative estimate of drug-likeness (QED) is 0.419. The molecule has 218 valence electrons. The van der Waals surface area contributed by atoms with Crippen LogP contribution >= 0.6 is 0 Å². The Morgan fingerprint density at radius 1 is 1.12 bits per heavy atom. The van der Waals surface area contributed by atoms with E-state index in [-0.39, 0.29) is 30.3 Å². The van der Waals surface area contributed by atoms with Crippen molar-refractivity contribution in [2.75, 3.05) is 27.3 Å². The van der Waals surface area contributed by atoms with Gasteiger partial charge in [0.25, 0.3) is 0 Å². The van der Waals surface area contributed by atoms with Crippen molar-refractivity contribution < 1.29 is 28.6 Å². The van der Waals surface area contributed by atoms with Crippen LogP contribution in [0.3, 0.4) is 0 Å². The molecule has 0 bridgehead atoms. The third-order valence-corrected chi connectivity index (χ3v) is 8.25. The van der Waals surface area contributed by atoms with Crippen molar-refractivity contribution in [2.45, 2.75) is 57.1 Å². The van der Waals surface area contributed by atoms with E-state index in [9.17, 15) is 14.4 Å². The van der Waals surface area contributed by atoms with Crippen molar-refractivity contribution >= 4 is 17.8 Å². The number of ether oxygens (including phenoxy) is 3. The van der Waals surface area contributed by atoms with Crippen LogP contribution in [-0.2, 0) is 19.1 Å². The Labute approximate surface area is 240 Å². The van der Waals surface area contributed by atoms with E-state index < -0.39 is 29.4 Å². The molecule has 5 atom stereocenters. The predicted octanol–water partition coefficient (Wildman–Crippen LogP) is 3.56. The minimum Gasteiger partial charge on any atom is -0.474 e. The number of amides is 2. The first-order chi connectivity index (χ1) is 19.8. The van der Waals surface area contributed by atoms with Gasteiger partial charge in [-0.2, -0.15) is 9.97 Å². The molecular formula is C31H38N4O6. The number of allylic oxidation sites excluding steroid dienone is 1. The van der Waals surface area contributed by atoms with Crippen LogP contribution in [-0.4, -0.2) is 71.6 Å². The summed E-state index contributed by atoms with van der Waals surface area (Å²) in [5.41, 5.74) is 0.435. The zero-order valence-corrected chi connectivity index (χ0v) is 23.9. The lowest BCUT2D eigenvalue weighted by atomic mass is 9.93. The van der Waals surface area contributed by atoms with Crippen LogP contribution < -0.4 is 14.8 Å². The molecule has 2 aliphatic carbocycles. The van der Waals surface area contributed by atoms with Gasteiger partial charge < -0.3 is 24.4 Å². The lowest BCUT2D eigenvalue weighted by Gasteiger charge is -2.26. The maximum Gasteiger partial charge on any atom is 0.332 e. The molecule has 10 heteroatoms. The second-order valence-corrected chi connectivity index (χ2v) is 11.0. The monoisotopic (exact) mass is 562 g/mol. The Morgan fingerprint density at radius 2 is 1.90 bits per heavy atom. The molecule has 0 saturated heterocycles. The van der Waals surface area contributed by atoms with Gasteiger partial charge in [-0.1, -0.05) is 42.5 Å². The number of benzene rings is 1. The Bertz CT molecular complexity index is 1300. The largest absolute Gasteiger partial charge is 0.474 e. The highest BCUT2D eigenvalue weighted by Crippen LogP contribution is 2.47. The summed E-state index contributed by atoms with van der Waals surface area (Å²) in [4.78, 5) is 50.9. The zero-order chi connectivity index (χ0) is 29.0. The Hall–Kier alpha value is -3.95. The summed E-state index contributed by atoms with van der Waals surface area (Å²) in [7, 11) is 3.27. The molecular weight excluding hydrogens is 524 g/mol. The first-order valence-corrected chi connectivity index (χ1v) is 14.4. The highest BCUT2D eigenvalue weighted by molar-refractivity contribution is 5.95. The first-order valence-electron chi connectivity index (χ1n) is 14.4. The molecule has 5 unspecified atom stereocenters. The molecule has 3 aliphatic rings. The van der Waals surface area contributed by atoms with E-state index in [4.69, 9.17) is 14.2 Å². The smallest absolute Gasteiger partial charge is 0.332 e. The van der Waals surface area contributed by atoms with Gasteiger partial charge in [-0.3, -0.25) is 9.59 Å². The van der Waals surface area contributed by atoms with Gasteiger partial charge in [0, 0.05) is 31.1 Å². The van der Waals surface area contributed by atoms with Gasteiger partial charge in [0.05, 0.1) is 31.2 Å². The second-order valence-electron chi connectivity index (χ2n) is 11.0. The number of hydrogen-bond acceptors (Lipinski definition) is 8. The average molecular weight is 563 g/mol. The van der Waals surface area contributed by atoms with Crippen LogP contribution in [0.4, 0.5) is 0 Å². The van der Waals surface area contributed by atoms with Crippen LogP contribution in [0.5, 0.6) is 11.9 Å². The molecule has 2 saturated carbocycles. The summed E-state index contributed by atoms with van der Waals surface area (Å²) in [6.07, 6.45) is 7.41. The second kappa shape index (κ2) is 12.3. The fraction of sp³-hybridized carbons (Fsp3) is 0.516. The minimum atomic E-state index is -1.09. The number of nitrogens with one attached hydrogen (secondary N) is 1. The number of carbonyl (C=O) groups excluding carboxylic acids is 3. The fourth-order valence-electron chi connectivity index (χ4n) is 5.92. The molecule has 10 nitrogen and oxygen atoms in total. The van der Waals surface area contributed by atoms with Crippen molar-refractivity contribution in [3.63, 3.8) is 0 Å². The van der Waals surface area contributed by atoms with Gasteiger partial charge in [0.15, 0.2) is 0 Å². The summed E-state index contributed by atoms with van der Waals surface area (Å²) in [6, 6.07) is 11.5. The van der Waals surface area contributed by atoms with Crippen LogP contribution in [0.15, 0.2) is 48.6 Å². The summed E-state index contributed by atoms with van der Waals surface area (Å²) in [5, 5.41) is 3.01. The Balaban J connectivity index is 1.40. The normalized spacial score (nSPS) is 28.1. The van der Waals surface area contributed by atoms with Crippen molar-refractivity contribution in [2.24, 2.45) is 17.8 Å². The fourth-order valence-corrected chi connectivity index (χ4v) is 5.92. The SMILES string of the molecule is CCOC(=O)C12CC1C=CCCCCN(C)C(=O)C1CC(Oc3cc(-c4ccccc4)nc(OC)n3)CC1C(=O)N2. The molecule has 1 N–H and O–H groups in total. The number of esters is 1. The van der Waals surface area contributed by atoms with Gasteiger partial charge in [0.2, 0.25) is 17.7 Å². The van der Waals surface area contributed by atoms with E-state index in [2.05, 4.69) is 21.4 Å². The van der Waals surface area contributed by atoms with Crippen molar-refractivity contribution in [3.05, 3.63) is 48.6 Å². The van der Waals surface area contributed by atoms with E-state index in [0.717, 1.165) is 24.8 Å². The Morgan fingerprint density at radius 3 is 2.66 bits per heavy atom. The average Bonchev–Trinajstić information content (AvgIpc) is 3.51. The molecule has 1 aromatic carbocycles. The van der Waals surface area contributed by atoms with E-state index >= 15 is 0 Å². The molecule has 2 amide bonds. The summed E-state index contributed by atoms with van der Waals surface area (Å²) >= 11 is 0. The predicted molar refractivity (Wildman–Crippen MR) is 151 cm³/mol. The van der Waals surface area contributed by atoms with E-state index in [0.29, 0.717) is 37.4 Å². The molecule has 2 fully saturated rings. The van der Waals surface area contributed by atoms with Crippen molar-refractivity contribution in [3.8, 4) is 23.1 Å². The Kier molecular flexibility index (Phi) is 8.56. The maximum atomic E-state index is 13.8. The van der Waals surface area contributed by atoms with E-state index in [1.54, 1.807) is 24.9 Å². The highest BCUT2D eigenvalue weighted by Gasteiger charge is 2.62. The molecule has 1 aliphatic heterocycles. The van der Waals surface area contributed by atoms with Gasteiger partial charge >= 0.3 is 12.0 Å². The third-order valence-electron chi connectivity index (χ3n) is 8.25. The number of hydrogen-bond donors (Lipinski definition) is 1. The number of aromatic nitrogens is 2. The first kappa shape index (κ1) is 28.6. The molecule has 5 rings (SSSR count). The number of nitrogens with zero attached hydrogens (tertiary/aromatic N) is 3. The van der Waals surface area contributed by atoms with Crippen molar-refractivity contribution in [1.82, 2.24) is 20.2 Å². The lowest BCUT2D eigenvalue weighted by molar-refractivity contribution is -0.150. The van der Waals surface area contributed by atoms with Gasteiger partial charge in [-0.05, 0) is 45.4 Å². The van der Waals surface area contributed by atoms with E-state index in [1.165, 1.54) is 7.11 Å². The van der Waals surface area contributed by atoms with Gasteiger partial charge in [0.1, 0.15) is 11.6 Å². The molecule has 2 aromatic rings. The third kappa shape index (κ3) is 6.21. The number of rotatable bonds is 6. The number of fused-ring (bicyclic) bond motifs is 2. The van der Waals surface area contributed by atoms with Crippen molar-refractivity contribution in [1.29, 1.82) is 0 Å². The molecule has 2 heterocycles. The number of methoxy groups -OCH3 is 1. The highest BCUT2D eigenvalue weighted by atomic mass is 16.5. The van der Waals surface area contributed by atoms with Gasteiger partial charge in [-0.25, -0.2) is 4.79 Å². The summed E-state index contributed by atoms with van der Waals surface area (Å²) in [6.45, 7) is 2.59. The molecule has 0 spiro atoms. The molecule has 41 heavy (non-hydrogen) atoms. The lowest BCUT2D eigenvalue weighted by Crippen LogP contribution is -2.50. The zero-order valence-electron chi connectivity index (χ0n) is 23.9. The molecule has 0 radical (unpaired) electrons. The van der Waals surface area contributed by atoms with Crippen LogP contribution in [0, 0.1) is 17.8 Å². The van der Waals surface area contributed by atoms with Crippen LogP contribution in [0.1, 0.15) is 45.4 Å². The molecule has 1 aromatic heterocycles. The van der Waals surface area contributed by atoms with Crippen LogP contribution in [0.2, 0.25) is 0 Å². The minimum absolute atomic E-state index is 0.0911. The van der Waals surface area contributed by atoms with Crippen LogP contribution in [0.25, 0.3) is 11.3 Å². The topological polar surface area (TPSA) is 120 Å². The standard InChI is InChI=1S/C31H38N4O6/c1-4-40-29(38)31-19-21(31)14-10-5-6-11-15-35(2)28(37)24-17-22(16-23(24)27(36)34-31)41-26-18-25(32-30(33-26)39-3)20-12-8-7-9-13-20/h7-10,12-14,18,21-24H,4-6,11,15-17,19H2,1-3H3,(H,34,36). The summed E-state index contributed by atoms with van der Waals surface area (Å²) < 4.78 is 17.0. The van der Waals surface area contributed by atoms with E-state index in [1.807, 2.05) is 36.4 Å². The number of carbonyl (C=O) groups is 3.